The predicted molar refractivity (Wildman–Crippen MR) is 142 cm³/mol. The van der Waals surface area contributed by atoms with Gasteiger partial charge in [0.15, 0.2) is 0 Å². The number of aliphatic imine (C=N–C) groups is 1. The lowest BCUT2D eigenvalue weighted by Crippen LogP contribution is -2.52. The van der Waals surface area contributed by atoms with Gasteiger partial charge in [-0.1, -0.05) is 41.4 Å². The summed E-state index contributed by atoms with van der Waals surface area (Å²) in [6.07, 6.45) is -1.69. The van der Waals surface area contributed by atoms with E-state index < -0.39 is 41.6 Å². The Morgan fingerprint density at radius 3 is 2.39 bits per heavy atom. The zero-order valence-electron chi connectivity index (χ0n) is 20.3. The number of benzene rings is 3. The van der Waals surface area contributed by atoms with Crippen molar-refractivity contribution >= 4 is 52.3 Å². The summed E-state index contributed by atoms with van der Waals surface area (Å²) in [4.78, 5) is 44.6. The molecule has 0 fully saturated rings. The molecule has 1 aliphatic rings. The minimum absolute atomic E-state index is 0.110. The average Bonchev–Trinajstić information content (AvgIpc) is 2.94. The number of carbonyl (C=O) groups is 3. The van der Waals surface area contributed by atoms with E-state index in [0.717, 1.165) is 12.1 Å². The lowest BCUT2D eigenvalue weighted by Gasteiger charge is -2.22. The van der Waals surface area contributed by atoms with Crippen LogP contribution in [0, 0.1) is 11.6 Å². The van der Waals surface area contributed by atoms with E-state index in [0.29, 0.717) is 38.6 Å². The number of nitrogens with zero attached hydrogens (tertiary/aromatic N) is 2. The van der Waals surface area contributed by atoms with Crippen molar-refractivity contribution in [3.63, 3.8) is 0 Å². The summed E-state index contributed by atoms with van der Waals surface area (Å²) in [5, 5.41) is 5.83. The normalized spacial score (nSPS) is 15.7. The molecule has 1 heterocycles. The zero-order valence-corrected chi connectivity index (χ0v) is 21.8. The number of amides is 3. The maximum Gasteiger partial charge on any atom is 0.272 e. The number of benzodiazepines with no additional fused rings is 1. The first-order chi connectivity index (χ1) is 18.0. The van der Waals surface area contributed by atoms with Gasteiger partial charge in [-0.15, -0.1) is 0 Å². The Labute approximate surface area is 227 Å². The molecule has 0 aromatic heterocycles. The summed E-state index contributed by atoms with van der Waals surface area (Å²) in [5.74, 6) is -3.49. The van der Waals surface area contributed by atoms with Crippen LogP contribution in [0.2, 0.25) is 10.0 Å². The van der Waals surface area contributed by atoms with Crippen molar-refractivity contribution in [1.82, 2.24) is 10.6 Å². The van der Waals surface area contributed by atoms with E-state index in [4.69, 9.17) is 23.2 Å². The van der Waals surface area contributed by atoms with Crippen molar-refractivity contribution in [1.29, 1.82) is 0 Å². The standard InChI is InChI=1S/C27H22Cl2F2N4O3/c1-14(32-23(36)11-15-9-17(30)13-18(31)10-15)26(37)34-25-27(38)35(2)22-8-7-16(28)12-20(22)24(33-25)19-5-3-4-6-21(19)29/h3-10,12-14,25H,11H2,1-2H3,(H,32,36)(H,34,37)/t14-,25?/m0/s1. The number of halogens is 4. The Bertz CT molecular complexity index is 1440. The minimum atomic E-state index is -1.35. The first kappa shape index (κ1) is 27.2. The fraction of sp³-hybridized carbons (Fsp3) is 0.185. The second-order valence-electron chi connectivity index (χ2n) is 8.67. The van der Waals surface area contributed by atoms with Gasteiger partial charge >= 0.3 is 0 Å². The summed E-state index contributed by atoms with van der Waals surface area (Å²) >= 11 is 12.7. The molecule has 11 heteroatoms. The molecule has 2 N–H and O–H groups in total. The Balaban J connectivity index is 1.58. The van der Waals surface area contributed by atoms with Crippen molar-refractivity contribution in [2.75, 3.05) is 11.9 Å². The van der Waals surface area contributed by atoms with Crippen LogP contribution in [-0.4, -0.2) is 42.7 Å². The van der Waals surface area contributed by atoms with Crippen LogP contribution < -0.4 is 15.5 Å². The molecule has 0 saturated heterocycles. The second-order valence-corrected chi connectivity index (χ2v) is 9.51. The molecule has 1 aliphatic heterocycles. The third kappa shape index (κ3) is 6.00. The van der Waals surface area contributed by atoms with Crippen molar-refractivity contribution < 1.29 is 23.2 Å². The van der Waals surface area contributed by atoms with Crippen LogP contribution in [-0.2, 0) is 20.8 Å². The molecule has 38 heavy (non-hydrogen) atoms. The molecular formula is C27H22Cl2F2N4O3. The Hall–Kier alpha value is -3.82. The third-order valence-electron chi connectivity index (χ3n) is 5.86. The van der Waals surface area contributed by atoms with E-state index in [1.54, 1.807) is 49.5 Å². The van der Waals surface area contributed by atoms with Crippen LogP contribution in [0.5, 0.6) is 0 Å². The van der Waals surface area contributed by atoms with E-state index in [1.807, 2.05) is 0 Å². The second kappa shape index (κ2) is 11.3. The summed E-state index contributed by atoms with van der Waals surface area (Å²) in [5.41, 5.74) is 2.04. The highest BCUT2D eigenvalue weighted by Crippen LogP contribution is 2.31. The topological polar surface area (TPSA) is 90.9 Å². The Morgan fingerprint density at radius 1 is 1.03 bits per heavy atom. The lowest BCUT2D eigenvalue weighted by atomic mass is 10.00. The zero-order chi connectivity index (χ0) is 27.6. The van der Waals surface area contributed by atoms with Gasteiger partial charge in [0.2, 0.25) is 18.0 Å². The first-order valence-electron chi connectivity index (χ1n) is 11.5. The van der Waals surface area contributed by atoms with E-state index in [2.05, 4.69) is 15.6 Å². The highest BCUT2D eigenvalue weighted by molar-refractivity contribution is 6.37. The summed E-state index contributed by atoms with van der Waals surface area (Å²) in [6, 6.07) is 13.6. The van der Waals surface area contributed by atoms with Crippen LogP contribution in [0.4, 0.5) is 14.5 Å². The molecule has 3 aromatic carbocycles. The average molecular weight is 559 g/mol. The molecule has 196 valence electrons. The number of fused-ring (bicyclic) bond motifs is 1. The van der Waals surface area contributed by atoms with Gasteiger partial charge in [-0.25, -0.2) is 13.8 Å². The van der Waals surface area contributed by atoms with Crippen LogP contribution >= 0.6 is 23.2 Å². The molecule has 0 aliphatic carbocycles. The maximum absolute atomic E-state index is 13.4. The molecule has 0 spiro atoms. The number of carbonyl (C=O) groups excluding carboxylic acids is 3. The molecule has 7 nitrogen and oxygen atoms in total. The monoisotopic (exact) mass is 558 g/mol. The van der Waals surface area contributed by atoms with Crippen LogP contribution in [0.25, 0.3) is 0 Å². The molecule has 0 radical (unpaired) electrons. The number of rotatable bonds is 6. The molecule has 1 unspecified atom stereocenters. The van der Waals surface area contributed by atoms with Gasteiger partial charge in [0.25, 0.3) is 5.91 Å². The largest absolute Gasteiger partial charge is 0.344 e. The molecule has 3 amide bonds. The van der Waals surface area contributed by atoms with E-state index >= 15 is 0 Å². The molecule has 0 saturated carbocycles. The highest BCUT2D eigenvalue weighted by atomic mass is 35.5. The van der Waals surface area contributed by atoms with Crippen molar-refractivity contribution in [2.45, 2.75) is 25.6 Å². The summed E-state index contributed by atoms with van der Waals surface area (Å²) < 4.78 is 26.9. The molecule has 2 atom stereocenters. The predicted octanol–water partition coefficient (Wildman–Crippen LogP) is 4.28. The SMILES string of the molecule is C[C@H](NC(=O)Cc1cc(F)cc(F)c1)C(=O)NC1N=C(c2ccccc2Cl)c2cc(Cl)ccc2N(C)C1=O. The highest BCUT2D eigenvalue weighted by Gasteiger charge is 2.33. The van der Waals surface area contributed by atoms with Crippen LogP contribution in [0.1, 0.15) is 23.6 Å². The number of hydrogen-bond donors (Lipinski definition) is 2. The van der Waals surface area contributed by atoms with Gasteiger partial charge in [0.05, 0.1) is 17.8 Å². The molecule has 3 aromatic rings. The van der Waals surface area contributed by atoms with Gasteiger partial charge in [-0.3, -0.25) is 14.4 Å². The Morgan fingerprint density at radius 2 is 1.71 bits per heavy atom. The number of hydrogen-bond acceptors (Lipinski definition) is 4. The summed E-state index contributed by atoms with van der Waals surface area (Å²) in [7, 11) is 1.54. The van der Waals surface area contributed by atoms with Crippen molar-refractivity contribution in [3.8, 4) is 0 Å². The molecule has 0 bridgehead atoms. The quantitative estimate of drug-likeness (QED) is 0.473. The number of likely N-dealkylation sites (N-methyl/N-ethyl adjacent to an activating group) is 1. The van der Waals surface area contributed by atoms with Gasteiger partial charge in [0.1, 0.15) is 17.7 Å². The first-order valence-corrected chi connectivity index (χ1v) is 12.2. The third-order valence-corrected chi connectivity index (χ3v) is 6.43. The van der Waals surface area contributed by atoms with Crippen molar-refractivity contribution in [2.24, 2.45) is 4.99 Å². The molecular weight excluding hydrogens is 537 g/mol. The minimum Gasteiger partial charge on any atom is -0.344 e. The van der Waals surface area contributed by atoms with Gasteiger partial charge < -0.3 is 15.5 Å². The fourth-order valence-electron chi connectivity index (χ4n) is 4.02. The van der Waals surface area contributed by atoms with Gasteiger partial charge in [0, 0.05) is 34.3 Å². The van der Waals surface area contributed by atoms with E-state index in [9.17, 15) is 23.2 Å². The Kier molecular flexibility index (Phi) is 8.08. The van der Waals surface area contributed by atoms with Gasteiger partial charge in [-0.2, -0.15) is 0 Å². The molecule has 4 rings (SSSR count). The number of anilines is 1. The van der Waals surface area contributed by atoms with E-state index in [-0.39, 0.29) is 12.0 Å². The van der Waals surface area contributed by atoms with Crippen LogP contribution in [0.15, 0.2) is 65.7 Å². The summed E-state index contributed by atoms with van der Waals surface area (Å²) in [6.45, 7) is 1.41. The van der Waals surface area contributed by atoms with Gasteiger partial charge in [-0.05, 0) is 48.9 Å². The van der Waals surface area contributed by atoms with Crippen molar-refractivity contribution in [3.05, 3.63) is 99.0 Å². The lowest BCUT2D eigenvalue weighted by molar-refractivity contribution is -0.130. The van der Waals surface area contributed by atoms with E-state index in [1.165, 1.54) is 11.8 Å². The van der Waals surface area contributed by atoms with Crippen LogP contribution in [0.3, 0.4) is 0 Å². The smallest absolute Gasteiger partial charge is 0.272 e. The fourth-order valence-corrected chi connectivity index (χ4v) is 4.42. The number of nitrogens with one attached hydrogen (secondary N) is 2. The maximum atomic E-state index is 13.4.